The van der Waals surface area contributed by atoms with E-state index in [2.05, 4.69) is 0 Å². The molecule has 2 aromatic carbocycles. The Bertz CT molecular complexity index is 1040. The number of non-ortho nitro benzene ring substituents is 1. The van der Waals surface area contributed by atoms with E-state index in [1.807, 2.05) is 4.90 Å². The third-order valence-electron chi connectivity index (χ3n) is 4.75. The molecule has 0 aromatic heterocycles. The highest BCUT2D eigenvalue weighted by Crippen LogP contribution is 2.23. The zero-order valence-electron chi connectivity index (χ0n) is 15.7. The summed E-state index contributed by atoms with van der Waals surface area (Å²) in [5.41, 5.74) is 0.365. The molecule has 0 radical (unpaired) electrons. The van der Waals surface area contributed by atoms with Crippen molar-refractivity contribution < 1.29 is 22.5 Å². The maximum Gasteiger partial charge on any atom is 0.271 e. The molecule has 0 saturated carbocycles. The van der Waals surface area contributed by atoms with Gasteiger partial charge in [0.2, 0.25) is 0 Å². The molecule has 2 aromatic rings. The van der Waals surface area contributed by atoms with Crippen molar-refractivity contribution in [2.45, 2.75) is 11.3 Å². The fourth-order valence-electron chi connectivity index (χ4n) is 3.24. The van der Waals surface area contributed by atoms with Gasteiger partial charge in [0.25, 0.3) is 11.6 Å². The normalized spacial score (nSPS) is 15.1. The molecule has 1 fully saturated rings. The van der Waals surface area contributed by atoms with Crippen LogP contribution in [0.5, 0.6) is 0 Å². The van der Waals surface area contributed by atoms with Gasteiger partial charge in [-0.25, -0.2) is 12.8 Å². The van der Waals surface area contributed by atoms with Gasteiger partial charge in [-0.2, -0.15) is 0 Å². The molecule has 0 spiro atoms. The van der Waals surface area contributed by atoms with Gasteiger partial charge >= 0.3 is 0 Å². The number of nitrogens with zero attached hydrogens (tertiary/aromatic N) is 3. The van der Waals surface area contributed by atoms with Crippen LogP contribution in [0.25, 0.3) is 0 Å². The first-order valence-corrected chi connectivity index (χ1v) is 10.8. The number of anilines is 1. The second-order valence-corrected chi connectivity index (χ2v) is 8.87. The molecule has 0 N–H and O–H groups in total. The van der Waals surface area contributed by atoms with E-state index in [0.29, 0.717) is 32.6 Å². The minimum atomic E-state index is -3.72. The summed E-state index contributed by atoms with van der Waals surface area (Å²) in [6.07, 6.45) is 1.59. The monoisotopic (exact) mass is 421 g/mol. The Balaban J connectivity index is 1.82. The lowest BCUT2D eigenvalue weighted by molar-refractivity contribution is -0.385. The molecule has 1 amide bonds. The molecule has 29 heavy (non-hydrogen) atoms. The Morgan fingerprint density at radius 3 is 2.38 bits per heavy atom. The second-order valence-electron chi connectivity index (χ2n) is 6.85. The lowest BCUT2D eigenvalue weighted by Gasteiger charge is -2.24. The number of hydrogen-bond donors (Lipinski definition) is 0. The lowest BCUT2D eigenvalue weighted by Crippen LogP contribution is -2.35. The lowest BCUT2D eigenvalue weighted by atomic mass is 10.1. The Kier molecular flexibility index (Phi) is 5.83. The number of sulfone groups is 1. The maximum atomic E-state index is 13.1. The largest absolute Gasteiger partial charge is 0.370 e. The SMILES string of the molecule is CS(=O)(=O)c1cc(C(=O)N2CCCN(c3ccc(F)cc3)CC2)cc([N+](=O)[O-])c1. The summed E-state index contributed by atoms with van der Waals surface area (Å²) in [7, 11) is -3.72. The quantitative estimate of drug-likeness (QED) is 0.555. The Morgan fingerprint density at radius 2 is 1.76 bits per heavy atom. The molecular formula is C19H20FN3O5S. The molecule has 0 aliphatic carbocycles. The van der Waals surface area contributed by atoms with Crippen molar-refractivity contribution in [3.63, 3.8) is 0 Å². The summed E-state index contributed by atoms with van der Waals surface area (Å²) in [5.74, 6) is -0.785. The molecule has 1 aliphatic heterocycles. The van der Waals surface area contributed by atoms with E-state index in [1.54, 1.807) is 17.0 Å². The topological polar surface area (TPSA) is 101 Å². The van der Waals surface area contributed by atoms with Gasteiger partial charge in [-0.15, -0.1) is 0 Å². The zero-order valence-corrected chi connectivity index (χ0v) is 16.6. The van der Waals surface area contributed by atoms with Crippen molar-refractivity contribution >= 4 is 27.1 Å². The highest BCUT2D eigenvalue weighted by Gasteiger charge is 2.24. The number of amides is 1. The van der Waals surface area contributed by atoms with Crippen LogP contribution in [0.4, 0.5) is 15.8 Å². The molecule has 1 saturated heterocycles. The second kappa shape index (κ2) is 8.16. The van der Waals surface area contributed by atoms with Gasteiger partial charge in [-0.3, -0.25) is 14.9 Å². The van der Waals surface area contributed by atoms with E-state index in [9.17, 15) is 27.7 Å². The summed E-state index contributed by atoms with van der Waals surface area (Å²) >= 11 is 0. The standard InChI is InChI=1S/C19H20FN3O5S/c1-29(27,28)18-12-14(11-17(13-18)23(25)26)19(24)22-8-2-7-21(9-10-22)16-5-3-15(20)4-6-16/h3-6,11-13H,2,7-10H2,1H3. The summed E-state index contributed by atoms with van der Waals surface area (Å²) in [4.78, 5) is 26.7. The fourth-order valence-corrected chi connectivity index (χ4v) is 3.92. The number of nitro groups is 1. The van der Waals surface area contributed by atoms with Crippen LogP contribution in [0.3, 0.4) is 0 Å². The molecule has 3 rings (SSSR count). The van der Waals surface area contributed by atoms with E-state index in [-0.39, 0.29) is 16.3 Å². The number of nitro benzene ring substituents is 1. The number of carbonyl (C=O) groups is 1. The summed E-state index contributed by atoms with van der Waals surface area (Å²) < 4.78 is 36.8. The predicted octanol–water partition coefficient (Wildman–Crippen LogP) is 2.49. The van der Waals surface area contributed by atoms with E-state index in [4.69, 9.17) is 0 Å². The molecular weight excluding hydrogens is 401 g/mol. The first-order chi connectivity index (χ1) is 13.6. The number of hydrogen-bond acceptors (Lipinski definition) is 6. The molecule has 1 aliphatic rings. The molecule has 0 bridgehead atoms. The highest BCUT2D eigenvalue weighted by molar-refractivity contribution is 7.90. The fraction of sp³-hybridized carbons (Fsp3) is 0.316. The van der Waals surface area contributed by atoms with Crippen molar-refractivity contribution in [2.24, 2.45) is 0 Å². The number of halogens is 1. The third-order valence-corrected chi connectivity index (χ3v) is 5.84. The van der Waals surface area contributed by atoms with Crippen LogP contribution < -0.4 is 4.90 Å². The van der Waals surface area contributed by atoms with Crippen molar-refractivity contribution in [2.75, 3.05) is 37.3 Å². The van der Waals surface area contributed by atoms with Gasteiger partial charge in [-0.1, -0.05) is 0 Å². The van der Waals surface area contributed by atoms with E-state index >= 15 is 0 Å². The van der Waals surface area contributed by atoms with Crippen molar-refractivity contribution in [3.8, 4) is 0 Å². The smallest absolute Gasteiger partial charge is 0.271 e. The van der Waals surface area contributed by atoms with Crippen molar-refractivity contribution in [1.29, 1.82) is 0 Å². The minimum Gasteiger partial charge on any atom is -0.370 e. The Morgan fingerprint density at radius 1 is 1.07 bits per heavy atom. The Labute approximate surface area is 167 Å². The van der Waals surface area contributed by atoms with Gasteiger partial charge < -0.3 is 9.80 Å². The van der Waals surface area contributed by atoms with E-state index < -0.39 is 26.4 Å². The molecule has 8 nitrogen and oxygen atoms in total. The van der Waals surface area contributed by atoms with Crippen LogP contribution in [0.2, 0.25) is 0 Å². The molecule has 0 atom stereocenters. The molecule has 0 unspecified atom stereocenters. The minimum absolute atomic E-state index is 0.0325. The number of benzene rings is 2. The average Bonchev–Trinajstić information content (AvgIpc) is 2.93. The third kappa shape index (κ3) is 4.89. The van der Waals surface area contributed by atoms with Crippen molar-refractivity contribution in [3.05, 3.63) is 64.0 Å². The summed E-state index contributed by atoms with van der Waals surface area (Å²) in [5, 5.41) is 11.2. The predicted molar refractivity (Wildman–Crippen MR) is 105 cm³/mol. The first-order valence-electron chi connectivity index (χ1n) is 8.94. The highest BCUT2D eigenvalue weighted by atomic mass is 32.2. The van der Waals surface area contributed by atoms with E-state index in [0.717, 1.165) is 24.1 Å². The zero-order chi connectivity index (χ0) is 21.2. The molecule has 1 heterocycles. The van der Waals surface area contributed by atoms with Crippen LogP contribution in [0, 0.1) is 15.9 Å². The van der Waals surface area contributed by atoms with Crippen LogP contribution >= 0.6 is 0 Å². The summed E-state index contributed by atoms with van der Waals surface area (Å²) in [6, 6.07) is 9.31. The van der Waals surface area contributed by atoms with Gasteiger partial charge in [-0.05, 0) is 36.8 Å². The Hall–Kier alpha value is -3.01. The maximum absolute atomic E-state index is 13.1. The van der Waals surface area contributed by atoms with Crippen LogP contribution in [-0.4, -0.2) is 56.6 Å². The van der Waals surface area contributed by atoms with Crippen molar-refractivity contribution in [1.82, 2.24) is 4.90 Å². The number of carbonyl (C=O) groups excluding carboxylic acids is 1. The number of rotatable bonds is 4. The van der Waals surface area contributed by atoms with Crippen LogP contribution in [0.1, 0.15) is 16.8 Å². The van der Waals surface area contributed by atoms with Gasteiger partial charge in [0.15, 0.2) is 9.84 Å². The summed E-state index contributed by atoms with van der Waals surface area (Å²) in [6.45, 7) is 1.95. The molecule has 154 valence electrons. The van der Waals surface area contributed by atoms with Gasteiger partial charge in [0, 0.05) is 55.8 Å². The average molecular weight is 421 g/mol. The van der Waals surface area contributed by atoms with Gasteiger partial charge in [0.1, 0.15) is 5.82 Å². The first kappa shape index (κ1) is 20.7. The van der Waals surface area contributed by atoms with Gasteiger partial charge in [0.05, 0.1) is 9.82 Å². The molecule has 10 heteroatoms. The van der Waals surface area contributed by atoms with Crippen LogP contribution in [-0.2, 0) is 9.84 Å². The van der Waals surface area contributed by atoms with Crippen LogP contribution in [0.15, 0.2) is 47.4 Å². The van der Waals surface area contributed by atoms with E-state index in [1.165, 1.54) is 18.2 Å².